The van der Waals surface area contributed by atoms with Crippen LogP contribution in [0.25, 0.3) is 0 Å². The molecule has 4 nitrogen and oxygen atoms in total. The maximum absolute atomic E-state index is 11.7. The van der Waals surface area contributed by atoms with E-state index in [1.807, 2.05) is 30.3 Å². The zero-order chi connectivity index (χ0) is 13.3. The average Bonchev–Trinajstić information content (AvgIpc) is 2.47. The van der Waals surface area contributed by atoms with E-state index in [0.717, 1.165) is 25.4 Å². The first-order valence-corrected chi connectivity index (χ1v) is 7.00. The molecule has 5 heteroatoms. The zero-order valence-electron chi connectivity index (χ0n) is 11.6. The Morgan fingerprint density at radius 3 is 2.85 bits per heavy atom. The second-order valence-corrected chi connectivity index (χ2v) is 4.93. The van der Waals surface area contributed by atoms with E-state index in [1.165, 1.54) is 12.8 Å². The van der Waals surface area contributed by atoms with Crippen molar-refractivity contribution in [2.75, 3.05) is 26.2 Å². The van der Waals surface area contributed by atoms with Gasteiger partial charge in [0, 0.05) is 6.54 Å². The van der Waals surface area contributed by atoms with E-state index in [1.54, 1.807) is 0 Å². The van der Waals surface area contributed by atoms with E-state index < -0.39 is 0 Å². The van der Waals surface area contributed by atoms with Crippen LogP contribution in [0.1, 0.15) is 19.3 Å². The van der Waals surface area contributed by atoms with E-state index in [2.05, 4.69) is 10.6 Å². The van der Waals surface area contributed by atoms with Crippen LogP contribution in [0.2, 0.25) is 0 Å². The summed E-state index contributed by atoms with van der Waals surface area (Å²) in [7, 11) is 0. The van der Waals surface area contributed by atoms with Crippen molar-refractivity contribution in [2.24, 2.45) is 5.92 Å². The number of hydrogen-bond acceptors (Lipinski definition) is 3. The van der Waals surface area contributed by atoms with Crippen LogP contribution in [0.3, 0.4) is 0 Å². The molecule has 1 aliphatic rings. The number of para-hydroxylation sites is 1. The minimum Gasteiger partial charge on any atom is -0.493 e. The smallest absolute Gasteiger partial charge is 0.223 e. The summed E-state index contributed by atoms with van der Waals surface area (Å²) in [6.07, 6.45) is 2.82. The third kappa shape index (κ3) is 6.26. The highest BCUT2D eigenvalue weighted by Gasteiger charge is 2.13. The van der Waals surface area contributed by atoms with Crippen molar-refractivity contribution < 1.29 is 9.53 Å². The second kappa shape index (κ2) is 9.61. The quantitative estimate of drug-likeness (QED) is 0.844. The summed E-state index contributed by atoms with van der Waals surface area (Å²) in [6, 6.07) is 9.58. The number of nitrogens with one attached hydrogen (secondary N) is 2. The highest BCUT2D eigenvalue weighted by Crippen LogP contribution is 2.09. The van der Waals surface area contributed by atoms with E-state index >= 15 is 0 Å². The Morgan fingerprint density at radius 1 is 1.35 bits per heavy atom. The molecule has 1 amide bonds. The molecule has 0 radical (unpaired) electrons. The predicted octanol–water partition coefficient (Wildman–Crippen LogP) is 1.99. The molecule has 0 spiro atoms. The summed E-state index contributed by atoms with van der Waals surface area (Å²) in [5.74, 6) is 1.46. The Kier molecular flexibility index (Phi) is 8.07. The molecule has 1 saturated heterocycles. The SMILES string of the molecule is Cl.O=C(CCOc1ccccc1)NCC1CCCNC1. The molecule has 20 heavy (non-hydrogen) atoms. The van der Waals surface area contributed by atoms with Crippen LogP contribution in [0, 0.1) is 5.92 Å². The largest absolute Gasteiger partial charge is 0.493 e. The Labute approximate surface area is 126 Å². The molecule has 1 aromatic rings. The van der Waals surface area contributed by atoms with Gasteiger partial charge in [-0.05, 0) is 44.0 Å². The number of halogens is 1. The van der Waals surface area contributed by atoms with Gasteiger partial charge in [-0.3, -0.25) is 4.79 Å². The van der Waals surface area contributed by atoms with Crippen molar-refractivity contribution in [2.45, 2.75) is 19.3 Å². The molecule has 0 aliphatic carbocycles. The van der Waals surface area contributed by atoms with Gasteiger partial charge in [0.15, 0.2) is 0 Å². The summed E-state index contributed by atoms with van der Waals surface area (Å²) < 4.78 is 5.50. The average molecular weight is 299 g/mol. The standard InChI is InChI=1S/C15H22N2O2.ClH/c18-15(17-12-13-5-4-9-16-11-13)8-10-19-14-6-2-1-3-7-14;/h1-3,6-7,13,16H,4-5,8-12H2,(H,17,18);1H. The summed E-state index contributed by atoms with van der Waals surface area (Å²) in [4.78, 5) is 11.7. The molecule has 2 N–H and O–H groups in total. The maximum Gasteiger partial charge on any atom is 0.223 e. The summed E-state index contributed by atoms with van der Waals surface area (Å²) in [6.45, 7) is 3.33. The second-order valence-electron chi connectivity index (χ2n) is 4.93. The minimum atomic E-state index is 0. The molecule has 1 heterocycles. The molecule has 0 saturated carbocycles. The first-order valence-electron chi connectivity index (χ1n) is 7.00. The topological polar surface area (TPSA) is 50.4 Å². The van der Waals surface area contributed by atoms with Crippen LogP contribution in [0.4, 0.5) is 0 Å². The Morgan fingerprint density at radius 2 is 2.15 bits per heavy atom. The lowest BCUT2D eigenvalue weighted by Crippen LogP contribution is -2.38. The van der Waals surface area contributed by atoms with Gasteiger partial charge in [-0.2, -0.15) is 0 Å². The van der Waals surface area contributed by atoms with Crippen LogP contribution in [0.15, 0.2) is 30.3 Å². The zero-order valence-corrected chi connectivity index (χ0v) is 12.5. The molecule has 1 fully saturated rings. The van der Waals surface area contributed by atoms with Gasteiger partial charge in [0.2, 0.25) is 5.91 Å². The van der Waals surface area contributed by atoms with Gasteiger partial charge in [0.25, 0.3) is 0 Å². The summed E-state index contributed by atoms with van der Waals surface area (Å²) >= 11 is 0. The molecule has 1 aromatic carbocycles. The lowest BCUT2D eigenvalue weighted by molar-refractivity contribution is -0.121. The Balaban J connectivity index is 0.00000200. The van der Waals surface area contributed by atoms with Crippen molar-refractivity contribution in [1.29, 1.82) is 0 Å². The van der Waals surface area contributed by atoms with E-state index in [9.17, 15) is 4.79 Å². The maximum atomic E-state index is 11.7. The highest BCUT2D eigenvalue weighted by molar-refractivity contribution is 5.85. The molecule has 2 rings (SSSR count). The third-order valence-corrected chi connectivity index (χ3v) is 3.33. The van der Waals surface area contributed by atoms with Crippen LogP contribution in [-0.4, -0.2) is 32.1 Å². The van der Waals surface area contributed by atoms with Gasteiger partial charge in [-0.25, -0.2) is 0 Å². The number of rotatable bonds is 6. The van der Waals surface area contributed by atoms with Crippen molar-refractivity contribution in [3.63, 3.8) is 0 Å². The molecule has 0 aromatic heterocycles. The summed E-state index contributed by atoms with van der Waals surface area (Å²) in [5.41, 5.74) is 0. The fourth-order valence-electron chi connectivity index (χ4n) is 2.22. The monoisotopic (exact) mass is 298 g/mol. The van der Waals surface area contributed by atoms with Crippen molar-refractivity contribution in [3.8, 4) is 5.75 Å². The first-order chi connectivity index (χ1) is 9.34. The van der Waals surface area contributed by atoms with Gasteiger partial charge in [-0.1, -0.05) is 18.2 Å². The minimum absolute atomic E-state index is 0. The van der Waals surface area contributed by atoms with E-state index in [4.69, 9.17) is 4.74 Å². The van der Waals surface area contributed by atoms with Crippen molar-refractivity contribution >= 4 is 18.3 Å². The first kappa shape index (κ1) is 16.8. The fraction of sp³-hybridized carbons (Fsp3) is 0.533. The van der Waals surface area contributed by atoms with Crippen LogP contribution < -0.4 is 15.4 Å². The Bertz CT molecular complexity index is 381. The van der Waals surface area contributed by atoms with Gasteiger partial charge in [0.05, 0.1) is 13.0 Å². The van der Waals surface area contributed by atoms with Crippen LogP contribution >= 0.6 is 12.4 Å². The summed E-state index contributed by atoms with van der Waals surface area (Å²) in [5, 5.41) is 6.33. The molecule has 1 atom stereocenters. The number of hydrogen-bond donors (Lipinski definition) is 2. The van der Waals surface area contributed by atoms with Crippen LogP contribution in [0.5, 0.6) is 5.75 Å². The van der Waals surface area contributed by atoms with Crippen molar-refractivity contribution in [3.05, 3.63) is 30.3 Å². The van der Waals surface area contributed by atoms with E-state index in [-0.39, 0.29) is 18.3 Å². The highest BCUT2D eigenvalue weighted by atomic mass is 35.5. The van der Waals surface area contributed by atoms with E-state index in [0.29, 0.717) is 18.9 Å². The van der Waals surface area contributed by atoms with Crippen molar-refractivity contribution in [1.82, 2.24) is 10.6 Å². The Hall–Kier alpha value is -1.26. The number of carbonyl (C=O) groups excluding carboxylic acids is 1. The fourth-order valence-corrected chi connectivity index (χ4v) is 2.22. The number of ether oxygens (including phenoxy) is 1. The lowest BCUT2D eigenvalue weighted by Gasteiger charge is -2.22. The molecular formula is C15H23ClN2O2. The van der Waals surface area contributed by atoms with Gasteiger partial charge in [0.1, 0.15) is 5.75 Å². The molecule has 112 valence electrons. The molecule has 1 aliphatic heterocycles. The molecule has 0 bridgehead atoms. The number of benzene rings is 1. The van der Waals surface area contributed by atoms with Gasteiger partial charge >= 0.3 is 0 Å². The lowest BCUT2D eigenvalue weighted by atomic mass is 10.00. The molecule has 1 unspecified atom stereocenters. The van der Waals surface area contributed by atoms with Gasteiger partial charge in [-0.15, -0.1) is 12.4 Å². The normalized spacial score (nSPS) is 17.9. The number of amides is 1. The third-order valence-electron chi connectivity index (χ3n) is 3.33. The molecular weight excluding hydrogens is 276 g/mol. The van der Waals surface area contributed by atoms with Gasteiger partial charge < -0.3 is 15.4 Å². The number of piperidine rings is 1. The number of carbonyl (C=O) groups is 1. The van der Waals surface area contributed by atoms with Crippen LogP contribution in [-0.2, 0) is 4.79 Å². The predicted molar refractivity (Wildman–Crippen MR) is 82.4 cm³/mol.